The molecule has 0 aromatic heterocycles. The lowest BCUT2D eigenvalue weighted by molar-refractivity contribution is -0.274. The van der Waals surface area contributed by atoms with Crippen molar-refractivity contribution in [3.8, 4) is 5.75 Å². The monoisotopic (exact) mass is 373 g/mol. The number of nitrogens with two attached hydrogens (primary N) is 3. The SMILES string of the molecule is NC(N)=NC(N)=Nc1c(Cl)cc(Br)cc1OC(F)(F)F. The smallest absolute Gasteiger partial charge is 0.403 e. The summed E-state index contributed by atoms with van der Waals surface area (Å²) in [4.78, 5) is 6.96. The van der Waals surface area contributed by atoms with E-state index in [1.165, 1.54) is 6.07 Å². The van der Waals surface area contributed by atoms with Crippen LogP contribution in [0.4, 0.5) is 18.9 Å². The van der Waals surface area contributed by atoms with Crippen molar-refractivity contribution in [3.63, 3.8) is 0 Å². The zero-order chi connectivity index (χ0) is 15.5. The summed E-state index contributed by atoms with van der Waals surface area (Å²) >= 11 is 8.78. The molecule has 0 radical (unpaired) electrons. The van der Waals surface area contributed by atoms with E-state index in [4.69, 9.17) is 28.8 Å². The summed E-state index contributed by atoms with van der Waals surface area (Å²) in [6.07, 6.45) is -4.92. The van der Waals surface area contributed by atoms with Crippen molar-refractivity contribution in [3.05, 3.63) is 21.6 Å². The topological polar surface area (TPSA) is 112 Å². The summed E-state index contributed by atoms with van der Waals surface area (Å²) in [7, 11) is 0. The first-order chi connectivity index (χ1) is 9.08. The predicted molar refractivity (Wildman–Crippen MR) is 72.9 cm³/mol. The van der Waals surface area contributed by atoms with Gasteiger partial charge in [-0.3, -0.25) is 0 Å². The molecule has 0 saturated carbocycles. The van der Waals surface area contributed by atoms with E-state index in [0.717, 1.165) is 6.07 Å². The van der Waals surface area contributed by atoms with E-state index in [0.29, 0.717) is 0 Å². The number of rotatable bonds is 2. The minimum atomic E-state index is -4.92. The molecule has 0 aliphatic rings. The number of nitrogens with zero attached hydrogens (tertiary/aromatic N) is 2. The fraction of sp³-hybridized carbons (Fsp3) is 0.111. The highest BCUT2D eigenvalue weighted by Crippen LogP contribution is 2.40. The molecule has 6 nitrogen and oxygen atoms in total. The molecule has 0 aliphatic carbocycles. The molecule has 0 amide bonds. The Bertz CT molecular complexity index is 571. The van der Waals surface area contributed by atoms with Crippen LogP contribution in [0.15, 0.2) is 26.6 Å². The maximum absolute atomic E-state index is 12.3. The lowest BCUT2D eigenvalue weighted by atomic mass is 10.3. The van der Waals surface area contributed by atoms with Crippen LogP contribution in [-0.2, 0) is 0 Å². The maximum Gasteiger partial charge on any atom is 0.573 e. The minimum Gasteiger partial charge on any atom is -0.403 e. The van der Waals surface area contributed by atoms with E-state index in [2.05, 4.69) is 30.7 Å². The first-order valence-electron chi connectivity index (χ1n) is 4.77. The normalized spacial score (nSPS) is 12.2. The van der Waals surface area contributed by atoms with Crippen LogP contribution >= 0.6 is 27.5 Å². The highest BCUT2D eigenvalue weighted by molar-refractivity contribution is 9.10. The number of ether oxygens (including phenoxy) is 1. The van der Waals surface area contributed by atoms with Crippen LogP contribution in [-0.4, -0.2) is 18.3 Å². The van der Waals surface area contributed by atoms with Gasteiger partial charge in [-0.25, -0.2) is 4.99 Å². The van der Waals surface area contributed by atoms with Gasteiger partial charge < -0.3 is 21.9 Å². The number of hydrogen-bond donors (Lipinski definition) is 3. The van der Waals surface area contributed by atoms with E-state index in [1.807, 2.05) is 0 Å². The lowest BCUT2D eigenvalue weighted by Crippen LogP contribution is -2.26. The maximum atomic E-state index is 12.3. The fourth-order valence-electron chi connectivity index (χ4n) is 1.13. The van der Waals surface area contributed by atoms with Gasteiger partial charge in [0.05, 0.1) is 5.02 Å². The third-order valence-electron chi connectivity index (χ3n) is 1.69. The molecular formula is C9H8BrClF3N5O. The Morgan fingerprint density at radius 3 is 2.35 bits per heavy atom. The second kappa shape index (κ2) is 6.18. The van der Waals surface area contributed by atoms with Gasteiger partial charge in [-0.2, -0.15) is 4.99 Å². The van der Waals surface area contributed by atoms with Gasteiger partial charge in [0.1, 0.15) is 5.69 Å². The standard InChI is InChI=1S/C9H8BrClF3N5O/c10-3-1-4(11)6(18-8(17)19-7(15)16)5(2-3)20-9(12,13)14/h1-2H,(H6,15,16,17,18,19). The van der Waals surface area contributed by atoms with Crippen molar-refractivity contribution in [2.45, 2.75) is 6.36 Å². The summed E-state index contributed by atoms with van der Waals surface area (Å²) in [5.74, 6) is -1.52. The fourth-order valence-corrected chi connectivity index (χ4v) is 1.95. The summed E-state index contributed by atoms with van der Waals surface area (Å²) in [6, 6.07) is 2.34. The van der Waals surface area contributed by atoms with Crippen LogP contribution in [0.25, 0.3) is 0 Å². The lowest BCUT2D eigenvalue weighted by Gasteiger charge is -2.12. The van der Waals surface area contributed by atoms with Crippen LogP contribution in [0, 0.1) is 0 Å². The Balaban J connectivity index is 3.34. The number of benzene rings is 1. The molecule has 0 saturated heterocycles. The molecule has 0 aliphatic heterocycles. The van der Waals surface area contributed by atoms with Crippen molar-refractivity contribution in [2.24, 2.45) is 27.2 Å². The van der Waals surface area contributed by atoms with E-state index < -0.39 is 24.0 Å². The number of alkyl halides is 3. The largest absolute Gasteiger partial charge is 0.573 e. The van der Waals surface area contributed by atoms with Crippen molar-refractivity contribution in [1.82, 2.24) is 0 Å². The van der Waals surface area contributed by atoms with Crippen LogP contribution in [0.5, 0.6) is 5.75 Å². The molecule has 0 atom stereocenters. The predicted octanol–water partition coefficient (Wildman–Crippen LogP) is 2.22. The highest BCUT2D eigenvalue weighted by Gasteiger charge is 2.33. The molecule has 0 fully saturated rings. The Morgan fingerprint density at radius 2 is 1.85 bits per heavy atom. The summed E-state index contributed by atoms with van der Waals surface area (Å²) in [6.45, 7) is 0. The molecule has 110 valence electrons. The van der Waals surface area contributed by atoms with Crippen LogP contribution < -0.4 is 21.9 Å². The van der Waals surface area contributed by atoms with E-state index >= 15 is 0 Å². The first-order valence-corrected chi connectivity index (χ1v) is 5.94. The van der Waals surface area contributed by atoms with Gasteiger partial charge in [0.25, 0.3) is 0 Å². The van der Waals surface area contributed by atoms with Gasteiger partial charge >= 0.3 is 6.36 Å². The van der Waals surface area contributed by atoms with E-state index in [9.17, 15) is 13.2 Å². The zero-order valence-electron chi connectivity index (χ0n) is 9.58. The highest BCUT2D eigenvalue weighted by atomic mass is 79.9. The van der Waals surface area contributed by atoms with Crippen molar-refractivity contribution in [2.75, 3.05) is 0 Å². The Hall–Kier alpha value is -1.68. The van der Waals surface area contributed by atoms with Crippen molar-refractivity contribution < 1.29 is 17.9 Å². The molecule has 11 heteroatoms. The second-order valence-electron chi connectivity index (χ2n) is 3.29. The number of hydrogen-bond acceptors (Lipinski definition) is 2. The van der Waals surface area contributed by atoms with Gasteiger partial charge in [-0.1, -0.05) is 27.5 Å². The van der Waals surface area contributed by atoms with Crippen molar-refractivity contribution >= 4 is 45.1 Å². The first kappa shape index (κ1) is 16.4. The minimum absolute atomic E-state index is 0.132. The van der Waals surface area contributed by atoms with Gasteiger partial charge in [0.2, 0.25) is 5.96 Å². The van der Waals surface area contributed by atoms with Crippen molar-refractivity contribution in [1.29, 1.82) is 0 Å². The number of halogens is 5. The third-order valence-corrected chi connectivity index (χ3v) is 2.43. The van der Waals surface area contributed by atoms with Gasteiger partial charge in [0, 0.05) is 4.47 Å². The average Bonchev–Trinajstić information content (AvgIpc) is 2.19. The Morgan fingerprint density at radius 1 is 1.25 bits per heavy atom. The number of guanidine groups is 2. The molecule has 20 heavy (non-hydrogen) atoms. The molecule has 6 N–H and O–H groups in total. The molecule has 0 bridgehead atoms. The quantitative estimate of drug-likeness (QED) is 0.544. The molecule has 0 spiro atoms. The van der Waals surface area contributed by atoms with Crippen LogP contribution in [0.2, 0.25) is 5.02 Å². The van der Waals surface area contributed by atoms with Gasteiger partial charge in [-0.15, -0.1) is 13.2 Å². The number of aliphatic imine (C=N–C) groups is 2. The molecular weight excluding hydrogens is 366 g/mol. The second-order valence-corrected chi connectivity index (χ2v) is 4.61. The van der Waals surface area contributed by atoms with Gasteiger partial charge in [-0.05, 0) is 12.1 Å². The molecule has 1 rings (SSSR count). The molecule has 1 aromatic carbocycles. The molecule has 0 unspecified atom stereocenters. The van der Waals surface area contributed by atoms with Crippen LogP contribution in [0.1, 0.15) is 0 Å². The summed E-state index contributed by atoms with van der Waals surface area (Å²) < 4.78 is 41.0. The molecule has 1 aromatic rings. The average molecular weight is 375 g/mol. The van der Waals surface area contributed by atoms with E-state index in [-0.39, 0.29) is 15.2 Å². The van der Waals surface area contributed by atoms with E-state index in [1.54, 1.807) is 0 Å². The molecule has 0 heterocycles. The summed E-state index contributed by atoms with van der Waals surface area (Å²) in [5.41, 5.74) is 15.1. The summed E-state index contributed by atoms with van der Waals surface area (Å²) in [5, 5.41) is -0.132. The van der Waals surface area contributed by atoms with Gasteiger partial charge in [0.15, 0.2) is 11.7 Å². The zero-order valence-corrected chi connectivity index (χ0v) is 11.9. The Kier molecular flexibility index (Phi) is 5.06. The Labute approximate surface area is 124 Å². The third kappa shape index (κ3) is 5.13. The van der Waals surface area contributed by atoms with Crippen LogP contribution in [0.3, 0.4) is 0 Å².